The second kappa shape index (κ2) is 6.38. The molecule has 2 N–H and O–H groups in total. The van der Waals surface area contributed by atoms with Crippen molar-refractivity contribution in [1.82, 2.24) is 4.98 Å². The average Bonchev–Trinajstić information content (AvgIpc) is 2.45. The Balaban J connectivity index is 2.14. The van der Waals surface area contributed by atoms with Gasteiger partial charge < -0.3 is 15.2 Å². The summed E-state index contributed by atoms with van der Waals surface area (Å²) < 4.78 is 5.53. The third-order valence-corrected chi connectivity index (χ3v) is 3.38. The van der Waals surface area contributed by atoms with Gasteiger partial charge in [-0.2, -0.15) is 0 Å². The molecule has 6 heteroatoms. The van der Waals surface area contributed by atoms with Gasteiger partial charge >= 0.3 is 5.97 Å². The molecule has 0 aliphatic rings. The van der Waals surface area contributed by atoms with E-state index in [2.05, 4.69) is 26.2 Å². The normalized spacial score (nSPS) is 10.1. The van der Waals surface area contributed by atoms with E-state index in [-0.39, 0.29) is 5.56 Å². The van der Waals surface area contributed by atoms with Gasteiger partial charge in [0.15, 0.2) is 0 Å². The summed E-state index contributed by atoms with van der Waals surface area (Å²) in [6, 6.07) is 8.84. The lowest BCUT2D eigenvalue weighted by Gasteiger charge is -2.11. The van der Waals surface area contributed by atoms with Crippen molar-refractivity contribution >= 4 is 27.6 Å². The van der Waals surface area contributed by atoms with Crippen LogP contribution in [0.4, 0.5) is 5.69 Å². The number of carboxylic acid groups (broad SMARTS) is 1. The topological polar surface area (TPSA) is 71.5 Å². The van der Waals surface area contributed by atoms with Crippen molar-refractivity contribution in [2.24, 2.45) is 0 Å². The molecule has 2 aromatic rings. The average molecular weight is 337 g/mol. The molecule has 0 unspecified atom stereocenters. The summed E-state index contributed by atoms with van der Waals surface area (Å²) in [6.45, 7) is 0.480. The highest BCUT2D eigenvalue weighted by Crippen LogP contribution is 2.25. The quantitative estimate of drug-likeness (QED) is 0.877. The molecular formula is C14H13BrN2O3. The first-order valence-corrected chi connectivity index (χ1v) is 6.65. The molecule has 0 saturated heterocycles. The Morgan fingerprint density at radius 2 is 2.20 bits per heavy atom. The van der Waals surface area contributed by atoms with Crippen LogP contribution in [0.5, 0.6) is 5.88 Å². The van der Waals surface area contributed by atoms with Crippen molar-refractivity contribution in [2.75, 3.05) is 12.4 Å². The first-order chi connectivity index (χ1) is 9.61. The Bertz CT molecular complexity index is 614. The predicted molar refractivity (Wildman–Crippen MR) is 79.2 cm³/mol. The number of rotatable bonds is 5. The molecule has 0 radical (unpaired) electrons. The zero-order valence-electron chi connectivity index (χ0n) is 10.8. The zero-order chi connectivity index (χ0) is 14.5. The third kappa shape index (κ3) is 3.27. The van der Waals surface area contributed by atoms with E-state index in [0.717, 1.165) is 5.56 Å². The second-order valence-electron chi connectivity index (χ2n) is 4.03. The fraction of sp³-hybridized carbons (Fsp3) is 0.143. The highest BCUT2D eigenvalue weighted by atomic mass is 79.9. The number of methoxy groups -OCH3 is 1. The molecule has 0 spiro atoms. The van der Waals surface area contributed by atoms with E-state index < -0.39 is 5.97 Å². The number of hydrogen-bond acceptors (Lipinski definition) is 4. The van der Waals surface area contributed by atoms with Crippen molar-refractivity contribution in [3.63, 3.8) is 0 Å². The molecule has 1 aromatic carbocycles. The third-order valence-electron chi connectivity index (χ3n) is 2.72. The molecular weight excluding hydrogens is 324 g/mol. The molecule has 0 atom stereocenters. The predicted octanol–water partition coefficient (Wildman–Crippen LogP) is 3.16. The van der Waals surface area contributed by atoms with Gasteiger partial charge in [0, 0.05) is 23.3 Å². The summed E-state index contributed by atoms with van der Waals surface area (Å²) in [5, 5.41) is 12.3. The lowest BCUT2D eigenvalue weighted by Crippen LogP contribution is -2.07. The molecule has 0 amide bonds. The van der Waals surface area contributed by atoms with Gasteiger partial charge in [-0.05, 0) is 33.6 Å². The van der Waals surface area contributed by atoms with Gasteiger partial charge in [0.2, 0.25) is 5.88 Å². The summed E-state index contributed by atoms with van der Waals surface area (Å²) in [5.74, 6) is -0.435. The fourth-order valence-corrected chi connectivity index (χ4v) is 2.26. The minimum atomic E-state index is -0.979. The molecule has 2 rings (SSSR count). The molecule has 0 aliphatic carbocycles. The Hall–Kier alpha value is -2.08. The van der Waals surface area contributed by atoms with Crippen molar-refractivity contribution in [3.05, 3.63) is 52.1 Å². The van der Waals surface area contributed by atoms with Crippen LogP contribution in [-0.2, 0) is 6.54 Å². The highest BCUT2D eigenvalue weighted by molar-refractivity contribution is 9.10. The number of nitrogens with one attached hydrogen (secondary N) is 1. The number of anilines is 1. The Morgan fingerprint density at radius 3 is 2.80 bits per heavy atom. The van der Waals surface area contributed by atoms with Crippen LogP contribution >= 0.6 is 15.9 Å². The van der Waals surface area contributed by atoms with E-state index in [1.54, 1.807) is 37.6 Å². The minimum absolute atomic E-state index is 0.217. The number of carbonyl (C=O) groups is 1. The van der Waals surface area contributed by atoms with Crippen LogP contribution in [0.15, 0.2) is 41.0 Å². The van der Waals surface area contributed by atoms with Crippen LogP contribution < -0.4 is 10.1 Å². The number of carboxylic acids is 1. The lowest BCUT2D eigenvalue weighted by molar-refractivity contribution is 0.0697. The summed E-state index contributed by atoms with van der Waals surface area (Å²) in [4.78, 5) is 15.3. The second-order valence-corrected chi connectivity index (χ2v) is 4.88. The fourth-order valence-electron chi connectivity index (χ4n) is 1.72. The molecule has 0 bridgehead atoms. The van der Waals surface area contributed by atoms with Gasteiger partial charge in [0.05, 0.1) is 18.4 Å². The Labute approximate surface area is 124 Å². The minimum Gasteiger partial charge on any atom is -0.481 e. The summed E-state index contributed by atoms with van der Waals surface area (Å²) in [7, 11) is 1.56. The van der Waals surface area contributed by atoms with E-state index in [4.69, 9.17) is 4.74 Å². The molecule has 1 aromatic heterocycles. The SMILES string of the molecule is COc1ccc(CNc2cccc(Br)c2C(=O)O)cn1. The number of hydrogen-bond donors (Lipinski definition) is 2. The van der Waals surface area contributed by atoms with Crippen molar-refractivity contribution in [1.29, 1.82) is 0 Å². The highest BCUT2D eigenvalue weighted by Gasteiger charge is 2.13. The van der Waals surface area contributed by atoms with Crippen molar-refractivity contribution in [2.45, 2.75) is 6.54 Å². The maximum Gasteiger partial charge on any atom is 0.338 e. The Morgan fingerprint density at radius 1 is 1.40 bits per heavy atom. The molecule has 0 fully saturated rings. The molecule has 5 nitrogen and oxygen atoms in total. The van der Waals surface area contributed by atoms with Gasteiger partial charge in [0.25, 0.3) is 0 Å². The first-order valence-electron chi connectivity index (χ1n) is 5.86. The van der Waals surface area contributed by atoms with Crippen LogP contribution in [0, 0.1) is 0 Å². The van der Waals surface area contributed by atoms with Crippen LogP contribution in [0.1, 0.15) is 15.9 Å². The van der Waals surface area contributed by atoms with Crippen LogP contribution in [-0.4, -0.2) is 23.2 Å². The first kappa shape index (κ1) is 14.3. The summed E-state index contributed by atoms with van der Waals surface area (Å²) >= 11 is 3.24. The molecule has 0 aliphatic heterocycles. The van der Waals surface area contributed by atoms with E-state index in [9.17, 15) is 9.90 Å². The van der Waals surface area contributed by atoms with E-state index >= 15 is 0 Å². The maximum absolute atomic E-state index is 11.2. The maximum atomic E-state index is 11.2. The number of halogens is 1. The monoisotopic (exact) mass is 336 g/mol. The van der Waals surface area contributed by atoms with Gasteiger partial charge in [-0.3, -0.25) is 0 Å². The number of aromatic nitrogens is 1. The Kier molecular flexibility index (Phi) is 4.57. The number of benzene rings is 1. The molecule has 20 heavy (non-hydrogen) atoms. The van der Waals surface area contributed by atoms with Crippen LogP contribution in [0.25, 0.3) is 0 Å². The van der Waals surface area contributed by atoms with Gasteiger partial charge in [-0.25, -0.2) is 9.78 Å². The number of pyridine rings is 1. The number of aromatic carboxylic acids is 1. The zero-order valence-corrected chi connectivity index (χ0v) is 12.3. The van der Waals surface area contributed by atoms with Gasteiger partial charge in [-0.1, -0.05) is 12.1 Å². The van der Waals surface area contributed by atoms with Gasteiger partial charge in [-0.15, -0.1) is 0 Å². The molecule has 0 saturated carbocycles. The van der Waals surface area contributed by atoms with E-state index in [1.165, 1.54) is 0 Å². The number of ether oxygens (including phenoxy) is 1. The standard InChI is InChI=1S/C14H13BrN2O3/c1-20-12-6-5-9(8-17-12)7-16-11-4-2-3-10(15)13(11)14(18)19/h2-6,8,16H,7H2,1H3,(H,18,19). The summed E-state index contributed by atoms with van der Waals surface area (Å²) in [5.41, 5.74) is 1.71. The smallest absolute Gasteiger partial charge is 0.338 e. The molecule has 104 valence electrons. The van der Waals surface area contributed by atoms with Crippen LogP contribution in [0.2, 0.25) is 0 Å². The molecule has 1 heterocycles. The van der Waals surface area contributed by atoms with E-state index in [1.807, 2.05) is 6.07 Å². The largest absolute Gasteiger partial charge is 0.481 e. The van der Waals surface area contributed by atoms with Crippen molar-refractivity contribution < 1.29 is 14.6 Å². The number of nitrogens with zero attached hydrogens (tertiary/aromatic N) is 1. The van der Waals surface area contributed by atoms with Crippen molar-refractivity contribution in [3.8, 4) is 5.88 Å². The van der Waals surface area contributed by atoms with Crippen LogP contribution in [0.3, 0.4) is 0 Å². The van der Waals surface area contributed by atoms with E-state index in [0.29, 0.717) is 22.6 Å². The van der Waals surface area contributed by atoms with Gasteiger partial charge in [0.1, 0.15) is 0 Å². The summed E-state index contributed by atoms with van der Waals surface area (Å²) in [6.07, 6.45) is 1.68. The lowest BCUT2D eigenvalue weighted by atomic mass is 10.1.